The Morgan fingerprint density at radius 2 is 2.06 bits per heavy atom. The topological polar surface area (TPSA) is 56.3 Å². The lowest BCUT2D eigenvalue weighted by atomic mass is 10.1. The predicted molar refractivity (Wildman–Crippen MR) is 66.7 cm³/mol. The number of ether oxygens (including phenoxy) is 2. The van der Waals surface area contributed by atoms with Crippen LogP contribution in [0.15, 0.2) is 30.7 Å². The van der Waals surface area contributed by atoms with Gasteiger partial charge in [-0.1, -0.05) is 0 Å². The van der Waals surface area contributed by atoms with Gasteiger partial charge in [0.05, 0.1) is 6.20 Å². The molecule has 1 aromatic carbocycles. The van der Waals surface area contributed by atoms with Gasteiger partial charge in [-0.2, -0.15) is 0 Å². The standard InChI is InChI=1S/C13H13N3O2/c1-9-4-11-12(18-8-17-11)5-10(9)6-16-13-7-14-2-3-15-13/h2-5,7H,6,8H2,1H3,(H,15,16). The molecule has 2 heterocycles. The Morgan fingerprint density at radius 3 is 2.83 bits per heavy atom. The minimum absolute atomic E-state index is 0.301. The highest BCUT2D eigenvalue weighted by Gasteiger charge is 2.15. The van der Waals surface area contributed by atoms with Gasteiger partial charge in [-0.05, 0) is 30.2 Å². The van der Waals surface area contributed by atoms with Crippen LogP contribution >= 0.6 is 0 Å². The van der Waals surface area contributed by atoms with Crippen LogP contribution in [0.1, 0.15) is 11.1 Å². The van der Waals surface area contributed by atoms with Gasteiger partial charge in [0.15, 0.2) is 11.5 Å². The van der Waals surface area contributed by atoms with Crippen LogP contribution in [-0.4, -0.2) is 16.8 Å². The van der Waals surface area contributed by atoms with Crippen molar-refractivity contribution < 1.29 is 9.47 Å². The Hall–Kier alpha value is -2.30. The molecule has 0 unspecified atom stereocenters. The Labute approximate surface area is 105 Å². The van der Waals surface area contributed by atoms with Crippen molar-refractivity contribution >= 4 is 5.82 Å². The number of aryl methyl sites for hydroxylation is 1. The van der Waals surface area contributed by atoms with Crippen molar-refractivity contribution in [3.8, 4) is 11.5 Å². The van der Waals surface area contributed by atoms with Crippen molar-refractivity contribution in [3.05, 3.63) is 41.9 Å². The molecule has 0 radical (unpaired) electrons. The molecule has 92 valence electrons. The second-order valence-electron chi connectivity index (χ2n) is 4.08. The Balaban J connectivity index is 1.77. The Bertz CT molecular complexity index is 558. The third-order valence-corrected chi connectivity index (χ3v) is 2.85. The van der Waals surface area contributed by atoms with E-state index in [0.717, 1.165) is 28.4 Å². The fourth-order valence-electron chi connectivity index (χ4n) is 1.85. The zero-order chi connectivity index (χ0) is 12.4. The number of benzene rings is 1. The lowest BCUT2D eigenvalue weighted by Gasteiger charge is -2.09. The number of anilines is 1. The molecule has 3 rings (SSSR count). The van der Waals surface area contributed by atoms with Crippen molar-refractivity contribution in [1.29, 1.82) is 0 Å². The molecule has 0 aliphatic carbocycles. The van der Waals surface area contributed by atoms with E-state index in [4.69, 9.17) is 9.47 Å². The minimum atomic E-state index is 0.301. The van der Waals surface area contributed by atoms with Crippen LogP contribution in [0, 0.1) is 6.92 Å². The third kappa shape index (κ3) is 2.07. The maximum atomic E-state index is 5.37. The lowest BCUT2D eigenvalue weighted by molar-refractivity contribution is 0.174. The van der Waals surface area contributed by atoms with Gasteiger partial charge in [-0.3, -0.25) is 4.98 Å². The molecule has 2 aromatic rings. The highest BCUT2D eigenvalue weighted by atomic mass is 16.7. The van der Waals surface area contributed by atoms with Crippen LogP contribution in [0.2, 0.25) is 0 Å². The summed E-state index contributed by atoms with van der Waals surface area (Å²) in [4.78, 5) is 8.17. The lowest BCUT2D eigenvalue weighted by Crippen LogP contribution is -2.03. The quantitative estimate of drug-likeness (QED) is 0.894. The number of hydrogen-bond acceptors (Lipinski definition) is 5. The van der Waals surface area contributed by atoms with Crippen molar-refractivity contribution in [2.24, 2.45) is 0 Å². The highest BCUT2D eigenvalue weighted by Crippen LogP contribution is 2.34. The average molecular weight is 243 g/mol. The maximum Gasteiger partial charge on any atom is 0.231 e. The highest BCUT2D eigenvalue weighted by molar-refractivity contribution is 5.49. The minimum Gasteiger partial charge on any atom is -0.454 e. The smallest absolute Gasteiger partial charge is 0.231 e. The molecule has 0 saturated carbocycles. The molecule has 0 fully saturated rings. The Kier molecular flexibility index (Phi) is 2.72. The molecule has 0 atom stereocenters. The first-order chi connectivity index (χ1) is 8.83. The number of nitrogens with one attached hydrogen (secondary N) is 1. The molecule has 1 aliphatic heterocycles. The summed E-state index contributed by atoms with van der Waals surface area (Å²) in [6, 6.07) is 4.00. The van der Waals surface area contributed by atoms with E-state index in [0.29, 0.717) is 13.3 Å². The molecule has 0 amide bonds. The van der Waals surface area contributed by atoms with Crippen LogP contribution in [0.5, 0.6) is 11.5 Å². The average Bonchev–Trinajstić information content (AvgIpc) is 2.84. The molecule has 18 heavy (non-hydrogen) atoms. The van der Waals surface area contributed by atoms with Gasteiger partial charge >= 0.3 is 0 Å². The fourth-order valence-corrected chi connectivity index (χ4v) is 1.85. The van der Waals surface area contributed by atoms with Crippen molar-refractivity contribution in [2.45, 2.75) is 13.5 Å². The van der Waals surface area contributed by atoms with Gasteiger partial charge in [0, 0.05) is 18.9 Å². The first-order valence-electron chi connectivity index (χ1n) is 5.72. The summed E-state index contributed by atoms with van der Waals surface area (Å²) < 4.78 is 10.7. The van der Waals surface area contributed by atoms with Crippen molar-refractivity contribution in [1.82, 2.24) is 9.97 Å². The van der Waals surface area contributed by atoms with E-state index >= 15 is 0 Å². The second kappa shape index (κ2) is 4.52. The summed E-state index contributed by atoms with van der Waals surface area (Å²) in [5, 5.41) is 3.22. The van der Waals surface area contributed by atoms with Gasteiger partial charge in [0.25, 0.3) is 0 Å². The summed E-state index contributed by atoms with van der Waals surface area (Å²) >= 11 is 0. The number of rotatable bonds is 3. The van der Waals surface area contributed by atoms with E-state index in [1.54, 1.807) is 18.6 Å². The molecular formula is C13H13N3O2. The summed E-state index contributed by atoms with van der Waals surface area (Å²) in [6.45, 7) is 3.03. The van der Waals surface area contributed by atoms with Gasteiger partial charge in [0.1, 0.15) is 5.82 Å². The third-order valence-electron chi connectivity index (χ3n) is 2.85. The summed E-state index contributed by atoms with van der Waals surface area (Å²) in [6.07, 6.45) is 5.01. The monoisotopic (exact) mass is 243 g/mol. The SMILES string of the molecule is Cc1cc2c(cc1CNc1cnccn1)OCO2. The van der Waals surface area contributed by atoms with Crippen molar-refractivity contribution in [3.63, 3.8) is 0 Å². The van der Waals surface area contributed by atoms with E-state index in [2.05, 4.69) is 22.2 Å². The molecule has 0 bridgehead atoms. The number of nitrogens with zero attached hydrogens (tertiary/aromatic N) is 2. The van der Waals surface area contributed by atoms with Crippen LogP contribution in [0.4, 0.5) is 5.82 Å². The van der Waals surface area contributed by atoms with Crippen LogP contribution in [-0.2, 0) is 6.54 Å². The summed E-state index contributed by atoms with van der Waals surface area (Å²) in [5.41, 5.74) is 2.32. The van der Waals surface area contributed by atoms with Crippen LogP contribution in [0.3, 0.4) is 0 Å². The van der Waals surface area contributed by atoms with Crippen LogP contribution < -0.4 is 14.8 Å². The van der Waals surface area contributed by atoms with E-state index < -0.39 is 0 Å². The van der Waals surface area contributed by atoms with E-state index in [-0.39, 0.29) is 0 Å². The molecule has 5 heteroatoms. The van der Waals surface area contributed by atoms with Gasteiger partial charge in [-0.15, -0.1) is 0 Å². The zero-order valence-corrected chi connectivity index (χ0v) is 10.0. The first kappa shape index (κ1) is 10.8. The molecule has 1 aromatic heterocycles. The number of aromatic nitrogens is 2. The molecule has 0 spiro atoms. The zero-order valence-electron chi connectivity index (χ0n) is 10.0. The van der Waals surface area contributed by atoms with E-state index in [1.165, 1.54) is 0 Å². The number of hydrogen-bond donors (Lipinski definition) is 1. The molecule has 5 nitrogen and oxygen atoms in total. The largest absolute Gasteiger partial charge is 0.454 e. The molecule has 1 N–H and O–H groups in total. The fraction of sp³-hybridized carbons (Fsp3) is 0.231. The van der Waals surface area contributed by atoms with Gasteiger partial charge < -0.3 is 14.8 Å². The van der Waals surface area contributed by atoms with Gasteiger partial charge in [-0.25, -0.2) is 4.98 Å². The Morgan fingerprint density at radius 1 is 1.22 bits per heavy atom. The van der Waals surface area contributed by atoms with Crippen LogP contribution in [0.25, 0.3) is 0 Å². The maximum absolute atomic E-state index is 5.37. The van der Waals surface area contributed by atoms with Gasteiger partial charge in [0.2, 0.25) is 6.79 Å². The van der Waals surface area contributed by atoms with E-state index in [1.807, 2.05) is 12.1 Å². The summed E-state index contributed by atoms with van der Waals surface area (Å²) in [5.74, 6) is 2.38. The molecular weight excluding hydrogens is 230 g/mol. The first-order valence-corrected chi connectivity index (χ1v) is 5.72. The second-order valence-corrected chi connectivity index (χ2v) is 4.08. The van der Waals surface area contributed by atoms with E-state index in [9.17, 15) is 0 Å². The van der Waals surface area contributed by atoms with Crippen molar-refractivity contribution in [2.75, 3.05) is 12.1 Å². The normalized spacial score (nSPS) is 12.5. The molecule has 1 aliphatic rings. The predicted octanol–water partition coefficient (Wildman–Crippen LogP) is 2.13. The molecule has 0 saturated heterocycles. The summed E-state index contributed by atoms with van der Waals surface area (Å²) in [7, 11) is 0. The number of fused-ring (bicyclic) bond motifs is 1.